The number of benzene rings is 2. The molecule has 585 valence electrons. The molecule has 1 aliphatic rings. The van der Waals surface area contributed by atoms with Crippen molar-refractivity contribution >= 4 is 12.4 Å². The van der Waals surface area contributed by atoms with E-state index in [0.29, 0.717) is 11.5 Å². The quantitative estimate of drug-likeness (QED) is 0.0394. The number of phenols is 2. The molecule has 1 radical (unpaired) electrons. The van der Waals surface area contributed by atoms with Crippen LogP contribution in [0.1, 0.15) is 361 Å². The van der Waals surface area contributed by atoms with Crippen LogP contribution in [-0.4, -0.2) is 157 Å². The summed E-state index contributed by atoms with van der Waals surface area (Å²) in [7, 11) is 0. The van der Waals surface area contributed by atoms with Crippen LogP contribution >= 0.6 is 0 Å². The van der Waals surface area contributed by atoms with Gasteiger partial charge in [-0.2, -0.15) is 0 Å². The minimum atomic E-state index is -0.0290. The average molecular weight is 1430 g/mol. The van der Waals surface area contributed by atoms with E-state index in [0.717, 1.165) is 73.6 Å². The number of phenolic OH excluding ortho intramolecular Hbond substituents is 2. The molecule has 1 fully saturated rings. The SMILES string of the molecule is CCCC[N+](CCCC)(CCCC)CCCC(C)(CCC[N+](CCCC)(CCCC)CCCC)c1cc(C)c(O)c(C=N[C@H]2CCCC[C@@H]2N=Cc2cc(C(C)(CCC[N+](CCCC)(CCCC)CCCC)CCC[N+](CCCC)(CCCC)CCCC)cc(C)c2O)c1.[CH3-].[CH3-].[CH3-].[CH3-].[Co]. The van der Waals surface area contributed by atoms with Gasteiger partial charge in [-0.3, -0.25) is 9.98 Å². The fourth-order valence-electron chi connectivity index (χ4n) is 17.0. The zero-order valence-electron chi connectivity index (χ0n) is 70.3. The van der Waals surface area contributed by atoms with Crippen molar-refractivity contribution in [1.29, 1.82) is 0 Å². The molecule has 0 unspecified atom stereocenters. The summed E-state index contributed by atoms with van der Waals surface area (Å²) in [4.78, 5) is 11.0. The minimum Gasteiger partial charge on any atom is -0.507 e. The third-order valence-electron chi connectivity index (χ3n) is 23.8. The van der Waals surface area contributed by atoms with Crippen LogP contribution in [0, 0.1) is 43.6 Å². The Morgan fingerprint density at radius 2 is 0.515 bits per heavy atom. The maximum Gasteiger partial charge on any atom is 0.127 e. The number of aromatic hydroxyl groups is 2. The number of quaternary nitrogens is 4. The first-order valence-electron chi connectivity index (χ1n) is 41.5. The van der Waals surface area contributed by atoms with Gasteiger partial charge in [0.15, 0.2) is 0 Å². The van der Waals surface area contributed by atoms with Gasteiger partial charge in [0.05, 0.1) is 117 Å². The molecule has 2 atom stereocenters. The maximum absolute atomic E-state index is 12.1. The molecule has 2 aromatic rings. The van der Waals surface area contributed by atoms with E-state index in [1.54, 1.807) is 0 Å². The third-order valence-corrected chi connectivity index (χ3v) is 23.8. The van der Waals surface area contributed by atoms with E-state index < -0.39 is 0 Å². The van der Waals surface area contributed by atoms with Crippen molar-refractivity contribution in [3.63, 3.8) is 0 Å². The Hall–Kier alpha value is -2.27. The molecule has 2 aromatic carbocycles. The summed E-state index contributed by atoms with van der Waals surface area (Å²) in [5, 5.41) is 24.2. The number of hydrogen-bond acceptors (Lipinski definition) is 4. The smallest absolute Gasteiger partial charge is 0.127 e. The van der Waals surface area contributed by atoms with Gasteiger partial charge < -0.3 is 57.9 Å². The number of rotatable bonds is 58. The van der Waals surface area contributed by atoms with Crippen molar-refractivity contribution < 1.29 is 44.9 Å². The van der Waals surface area contributed by atoms with Crippen molar-refractivity contribution in [2.75, 3.05) is 105 Å². The summed E-state index contributed by atoms with van der Waals surface area (Å²) in [6.07, 6.45) is 48.8. The first-order chi connectivity index (χ1) is 45.3. The summed E-state index contributed by atoms with van der Waals surface area (Å²) < 4.78 is 5.14. The molecule has 0 saturated heterocycles. The number of hydrogen-bond donors (Lipinski definition) is 2. The first kappa shape index (κ1) is 101. The largest absolute Gasteiger partial charge is 0.507 e. The molecule has 0 spiro atoms. The monoisotopic (exact) mass is 1430 g/mol. The second-order valence-electron chi connectivity index (χ2n) is 32.2. The Bertz CT molecular complexity index is 2010. The van der Waals surface area contributed by atoms with Crippen LogP contribution in [0.3, 0.4) is 0 Å². The normalized spacial score (nSPS) is 14.8. The van der Waals surface area contributed by atoms with Crippen LogP contribution in [0.25, 0.3) is 0 Å². The van der Waals surface area contributed by atoms with E-state index in [2.05, 4.69) is 135 Å². The van der Waals surface area contributed by atoms with Gasteiger partial charge in [0, 0.05) is 40.3 Å². The van der Waals surface area contributed by atoms with Gasteiger partial charge in [-0.1, -0.05) is 199 Å². The number of aliphatic imine (C=N–C) groups is 2. The van der Waals surface area contributed by atoms with Crippen molar-refractivity contribution in [3.8, 4) is 11.5 Å². The maximum atomic E-state index is 12.1. The van der Waals surface area contributed by atoms with Gasteiger partial charge in [-0.25, -0.2) is 0 Å². The van der Waals surface area contributed by atoms with E-state index in [-0.39, 0.29) is 69.4 Å². The van der Waals surface area contributed by atoms with Crippen LogP contribution in [0.2, 0.25) is 0 Å². The van der Waals surface area contributed by atoms with E-state index in [1.807, 2.05) is 12.4 Å². The first-order valence-corrected chi connectivity index (χ1v) is 41.5. The molecular formula is C90H174CoN6O2. The van der Waals surface area contributed by atoms with Gasteiger partial charge in [0.2, 0.25) is 0 Å². The van der Waals surface area contributed by atoms with Crippen molar-refractivity contribution in [3.05, 3.63) is 87.4 Å². The fourth-order valence-corrected chi connectivity index (χ4v) is 17.0. The van der Waals surface area contributed by atoms with Crippen LogP contribution in [0.15, 0.2) is 34.3 Å². The Balaban J connectivity index is -0.0000184. The Morgan fingerprint density at radius 3 is 0.697 bits per heavy atom. The van der Waals surface area contributed by atoms with Gasteiger partial charge in [0.1, 0.15) is 11.5 Å². The molecular weight excluding hydrogens is 1260 g/mol. The molecule has 9 heteroatoms. The van der Waals surface area contributed by atoms with Gasteiger partial charge in [-0.05, 0) is 200 Å². The fraction of sp³-hybridized carbons (Fsp3) is 0.800. The molecule has 0 bridgehead atoms. The average Bonchev–Trinajstić information content (AvgIpc) is 0.804. The second kappa shape index (κ2) is 56.1. The number of unbranched alkanes of at least 4 members (excludes halogenated alkanes) is 12. The Labute approximate surface area is 632 Å². The summed E-state index contributed by atoms with van der Waals surface area (Å²) in [5.41, 5.74) is 6.36. The van der Waals surface area contributed by atoms with Crippen LogP contribution < -0.4 is 0 Å². The molecule has 1 saturated carbocycles. The molecule has 3 rings (SSSR count). The minimum absolute atomic E-state index is 0. The predicted octanol–water partition coefficient (Wildman–Crippen LogP) is 24.9. The van der Waals surface area contributed by atoms with Crippen molar-refractivity contribution in [2.45, 2.75) is 365 Å². The van der Waals surface area contributed by atoms with Crippen LogP contribution in [-0.2, 0) is 27.6 Å². The van der Waals surface area contributed by atoms with E-state index in [4.69, 9.17) is 9.98 Å². The zero-order valence-corrected chi connectivity index (χ0v) is 71.3. The molecule has 0 aromatic heterocycles. The predicted molar refractivity (Wildman–Crippen MR) is 442 cm³/mol. The van der Waals surface area contributed by atoms with Gasteiger partial charge in [0.25, 0.3) is 0 Å². The van der Waals surface area contributed by atoms with Gasteiger partial charge in [-0.15, -0.1) is 0 Å². The van der Waals surface area contributed by atoms with E-state index >= 15 is 0 Å². The third kappa shape index (κ3) is 35.1. The standard InChI is InChI=1S/C86H160N6O2.4CH3.Co/c1-17-29-53-89(54-30-18-2,55-31-19-3)65-43-49-85(15,50-44-66-90(56-32-20-4,57-33-21-5)58-34-22-6)79-69-75(13)83(93)77(71-79)73-87-81-47-41-42-48-82(81)88-74-78-72-80(70-76(14)84(78)94)86(16,51-45-67-91(59-35-23-7,60-36-24-8)61-37-25-9)52-46-68-92(62-38-26-10,63-39-27-11)64-40-28-12;;;;;/h69-74,81-82H,17-68H2,1-16H3;4*1H3;/q+2;4*-1;/p+2/t81-,82-;;;;;/m0...../s1. The van der Waals surface area contributed by atoms with Crippen LogP contribution in [0.4, 0.5) is 0 Å². The molecule has 99 heavy (non-hydrogen) atoms. The van der Waals surface area contributed by atoms with Crippen molar-refractivity contribution in [1.82, 2.24) is 0 Å². The zero-order chi connectivity index (χ0) is 69.2. The molecule has 0 amide bonds. The second-order valence-corrected chi connectivity index (χ2v) is 32.2. The van der Waals surface area contributed by atoms with Crippen LogP contribution in [0.5, 0.6) is 11.5 Å². The molecule has 1 aliphatic carbocycles. The van der Waals surface area contributed by atoms with Gasteiger partial charge >= 0.3 is 0 Å². The summed E-state index contributed by atoms with van der Waals surface area (Å²) >= 11 is 0. The van der Waals surface area contributed by atoms with E-state index in [1.165, 1.54) is 314 Å². The Morgan fingerprint density at radius 1 is 0.333 bits per heavy atom. The van der Waals surface area contributed by atoms with Crippen molar-refractivity contribution in [2.24, 2.45) is 9.98 Å². The summed E-state index contributed by atoms with van der Waals surface area (Å²) in [6, 6.07) is 9.45. The summed E-state index contributed by atoms with van der Waals surface area (Å²) in [5.74, 6) is 0.740. The number of nitrogens with zero attached hydrogens (tertiary/aromatic N) is 6. The molecule has 2 N–H and O–H groups in total. The van der Waals surface area contributed by atoms with E-state index in [9.17, 15) is 10.2 Å². The molecule has 0 aliphatic heterocycles. The Kier molecular flexibility index (Phi) is 57.2. The molecule has 8 nitrogen and oxygen atoms in total. The molecule has 0 heterocycles. The summed E-state index contributed by atoms with van der Waals surface area (Å²) in [6.45, 7) is 58.8. The topological polar surface area (TPSA) is 65.2 Å². The number of aryl methyl sites for hydroxylation is 2.